The molecule has 0 radical (unpaired) electrons. The maximum absolute atomic E-state index is 6.28. The topological polar surface area (TPSA) is 32.5 Å². The van der Waals surface area contributed by atoms with E-state index in [2.05, 4.69) is 65.4 Å². The van der Waals surface area contributed by atoms with Crippen LogP contribution in [0.25, 0.3) is 0 Å². The number of nitrogen functional groups attached to an aromatic ring is 1. The molecule has 0 saturated carbocycles. The van der Waals surface area contributed by atoms with Crippen LogP contribution in [-0.4, -0.2) is 31.6 Å². The Labute approximate surface area is 146 Å². The van der Waals surface area contributed by atoms with E-state index in [9.17, 15) is 0 Å². The second kappa shape index (κ2) is 8.20. The van der Waals surface area contributed by atoms with Gasteiger partial charge in [0.1, 0.15) is 0 Å². The van der Waals surface area contributed by atoms with Gasteiger partial charge >= 0.3 is 0 Å². The van der Waals surface area contributed by atoms with Gasteiger partial charge in [-0.25, -0.2) is 0 Å². The van der Waals surface area contributed by atoms with Crippen LogP contribution in [0.4, 0.5) is 11.4 Å². The van der Waals surface area contributed by atoms with Crippen LogP contribution in [0.1, 0.15) is 30.4 Å². The third-order valence-corrected chi connectivity index (χ3v) is 4.84. The number of nitrogens with zero attached hydrogens (tertiary/aromatic N) is 2. The maximum atomic E-state index is 6.28. The van der Waals surface area contributed by atoms with Crippen LogP contribution >= 0.6 is 0 Å². The van der Waals surface area contributed by atoms with E-state index in [1.165, 1.54) is 29.7 Å². The third kappa shape index (κ3) is 4.51. The van der Waals surface area contributed by atoms with Gasteiger partial charge in [-0.2, -0.15) is 0 Å². The molecule has 128 valence electrons. The van der Waals surface area contributed by atoms with E-state index in [1.54, 1.807) is 0 Å². The molecule has 2 N–H and O–H groups in total. The zero-order chi connectivity index (χ0) is 16.8. The van der Waals surface area contributed by atoms with Crippen LogP contribution in [-0.2, 0) is 13.0 Å². The van der Waals surface area contributed by atoms with Gasteiger partial charge in [0.2, 0.25) is 0 Å². The second-order valence-corrected chi connectivity index (χ2v) is 6.91. The molecule has 1 saturated heterocycles. The minimum Gasteiger partial charge on any atom is -0.397 e. The number of nitrogens with two attached hydrogens (primary N) is 1. The Morgan fingerprint density at radius 3 is 2.46 bits per heavy atom. The third-order valence-electron chi connectivity index (χ3n) is 4.84. The molecule has 0 atom stereocenters. The largest absolute Gasteiger partial charge is 0.397 e. The van der Waals surface area contributed by atoms with E-state index in [1.807, 2.05) is 0 Å². The van der Waals surface area contributed by atoms with Crippen LogP contribution < -0.4 is 10.6 Å². The predicted octanol–water partition coefficient (Wildman–Crippen LogP) is 3.93. The lowest BCUT2D eigenvalue weighted by molar-refractivity contribution is 0.322. The molecule has 0 aliphatic carbocycles. The Kier molecular flexibility index (Phi) is 5.76. The van der Waals surface area contributed by atoms with Crippen molar-refractivity contribution in [2.45, 2.75) is 32.2 Å². The highest BCUT2D eigenvalue weighted by Gasteiger charge is 2.14. The molecule has 2 aromatic carbocycles. The fourth-order valence-corrected chi connectivity index (χ4v) is 3.53. The molecule has 0 unspecified atom stereocenters. The van der Waals surface area contributed by atoms with Crippen molar-refractivity contribution in [1.29, 1.82) is 0 Å². The molecule has 0 amide bonds. The van der Waals surface area contributed by atoms with E-state index >= 15 is 0 Å². The molecular weight excluding hydrogens is 294 g/mol. The summed E-state index contributed by atoms with van der Waals surface area (Å²) in [6.07, 6.45) is 4.82. The normalized spacial score (nSPS) is 14.5. The van der Waals surface area contributed by atoms with Gasteiger partial charge in [0.05, 0.1) is 11.4 Å². The standard InChI is InChI=1S/C21H29N3/c1-23(17-19-8-3-2-4-9-19)13-7-10-18-11-12-21(20(22)16-18)24-14-5-6-15-24/h2-4,8-9,11-12,16H,5-7,10,13-15,17,22H2,1H3. The van der Waals surface area contributed by atoms with Gasteiger partial charge in [0, 0.05) is 19.6 Å². The van der Waals surface area contributed by atoms with Gasteiger partial charge in [-0.3, -0.25) is 0 Å². The molecule has 3 heteroatoms. The molecule has 1 fully saturated rings. The summed E-state index contributed by atoms with van der Waals surface area (Å²) in [4.78, 5) is 4.80. The highest BCUT2D eigenvalue weighted by Crippen LogP contribution is 2.27. The Balaban J connectivity index is 1.47. The predicted molar refractivity (Wildman–Crippen MR) is 103 cm³/mol. The Morgan fingerprint density at radius 1 is 1.00 bits per heavy atom. The molecule has 0 spiro atoms. The fourth-order valence-electron chi connectivity index (χ4n) is 3.53. The summed E-state index contributed by atoms with van der Waals surface area (Å²) in [6, 6.07) is 17.3. The second-order valence-electron chi connectivity index (χ2n) is 6.91. The van der Waals surface area contributed by atoms with Gasteiger partial charge in [0.15, 0.2) is 0 Å². The molecule has 0 aromatic heterocycles. The summed E-state index contributed by atoms with van der Waals surface area (Å²) in [7, 11) is 2.19. The highest BCUT2D eigenvalue weighted by atomic mass is 15.1. The number of aryl methyl sites for hydroxylation is 1. The lowest BCUT2D eigenvalue weighted by Gasteiger charge is -2.20. The SMILES string of the molecule is CN(CCCc1ccc(N2CCCC2)c(N)c1)Cc1ccccc1. The van der Waals surface area contributed by atoms with E-state index in [4.69, 9.17) is 5.73 Å². The minimum absolute atomic E-state index is 0.937. The van der Waals surface area contributed by atoms with Crippen molar-refractivity contribution < 1.29 is 0 Å². The van der Waals surface area contributed by atoms with E-state index in [-0.39, 0.29) is 0 Å². The quantitative estimate of drug-likeness (QED) is 0.784. The van der Waals surface area contributed by atoms with Crippen molar-refractivity contribution in [3.05, 3.63) is 59.7 Å². The van der Waals surface area contributed by atoms with E-state index in [0.29, 0.717) is 0 Å². The maximum Gasteiger partial charge on any atom is 0.0600 e. The van der Waals surface area contributed by atoms with Crippen LogP contribution in [0.2, 0.25) is 0 Å². The monoisotopic (exact) mass is 323 g/mol. The Bertz CT molecular complexity index is 633. The van der Waals surface area contributed by atoms with Crippen molar-refractivity contribution in [3.63, 3.8) is 0 Å². The number of benzene rings is 2. The molecule has 3 rings (SSSR count). The molecule has 3 nitrogen and oxygen atoms in total. The van der Waals surface area contributed by atoms with Crippen LogP contribution in [0.3, 0.4) is 0 Å². The number of rotatable bonds is 7. The van der Waals surface area contributed by atoms with Gasteiger partial charge in [-0.1, -0.05) is 36.4 Å². The minimum atomic E-state index is 0.937. The first-order valence-corrected chi connectivity index (χ1v) is 9.08. The van der Waals surface area contributed by atoms with Crippen molar-refractivity contribution in [3.8, 4) is 0 Å². The van der Waals surface area contributed by atoms with Crippen molar-refractivity contribution >= 4 is 11.4 Å². The average molecular weight is 323 g/mol. The van der Waals surface area contributed by atoms with E-state index in [0.717, 1.165) is 44.7 Å². The van der Waals surface area contributed by atoms with Crippen LogP contribution in [0, 0.1) is 0 Å². The Hall–Kier alpha value is -2.00. The molecule has 0 bridgehead atoms. The molecule has 1 aliphatic heterocycles. The number of anilines is 2. The van der Waals surface area contributed by atoms with Crippen molar-refractivity contribution in [2.24, 2.45) is 0 Å². The zero-order valence-electron chi connectivity index (χ0n) is 14.7. The summed E-state index contributed by atoms with van der Waals surface area (Å²) in [5, 5.41) is 0. The molecule has 1 aliphatic rings. The van der Waals surface area contributed by atoms with Crippen molar-refractivity contribution in [1.82, 2.24) is 4.90 Å². The van der Waals surface area contributed by atoms with Gasteiger partial charge in [-0.05, 0) is 62.5 Å². The zero-order valence-corrected chi connectivity index (χ0v) is 14.7. The first-order valence-electron chi connectivity index (χ1n) is 9.08. The molecular formula is C21H29N3. The highest BCUT2D eigenvalue weighted by molar-refractivity contribution is 5.68. The van der Waals surface area contributed by atoms with Gasteiger partial charge in [0.25, 0.3) is 0 Å². The van der Waals surface area contributed by atoms with Crippen LogP contribution in [0.5, 0.6) is 0 Å². The van der Waals surface area contributed by atoms with Gasteiger partial charge in [-0.15, -0.1) is 0 Å². The van der Waals surface area contributed by atoms with Gasteiger partial charge < -0.3 is 15.5 Å². The first-order chi connectivity index (χ1) is 11.7. The van der Waals surface area contributed by atoms with E-state index < -0.39 is 0 Å². The smallest absolute Gasteiger partial charge is 0.0600 e. The lowest BCUT2D eigenvalue weighted by Crippen LogP contribution is -2.20. The van der Waals surface area contributed by atoms with Crippen molar-refractivity contribution in [2.75, 3.05) is 37.3 Å². The number of hydrogen-bond donors (Lipinski definition) is 1. The summed E-state index contributed by atoms with van der Waals surface area (Å²) >= 11 is 0. The molecule has 24 heavy (non-hydrogen) atoms. The molecule has 1 heterocycles. The summed E-state index contributed by atoms with van der Waals surface area (Å²) < 4.78 is 0. The lowest BCUT2D eigenvalue weighted by atomic mass is 10.1. The summed E-state index contributed by atoms with van der Waals surface area (Å²) in [6.45, 7) is 4.40. The average Bonchev–Trinajstić information content (AvgIpc) is 3.10. The Morgan fingerprint density at radius 2 is 1.75 bits per heavy atom. The summed E-state index contributed by atoms with van der Waals surface area (Å²) in [5.74, 6) is 0. The molecule has 2 aromatic rings. The number of hydrogen-bond acceptors (Lipinski definition) is 3. The summed E-state index contributed by atoms with van der Waals surface area (Å²) in [5.41, 5.74) is 11.2. The van der Waals surface area contributed by atoms with Crippen LogP contribution in [0.15, 0.2) is 48.5 Å². The first kappa shape index (κ1) is 16.8. The fraction of sp³-hybridized carbons (Fsp3) is 0.429.